The van der Waals surface area contributed by atoms with Crippen molar-refractivity contribution in [2.24, 2.45) is 0 Å². The van der Waals surface area contributed by atoms with Gasteiger partial charge in [-0.1, -0.05) is 6.07 Å². The lowest BCUT2D eigenvalue weighted by molar-refractivity contribution is 0.102. The Morgan fingerprint density at radius 1 is 0.926 bits per heavy atom. The first-order chi connectivity index (χ1) is 12.8. The summed E-state index contributed by atoms with van der Waals surface area (Å²) in [5.74, 6) is -4.63. The third-order valence-corrected chi connectivity index (χ3v) is 3.95. The SMILES string of the molecule is Cc1ccc(NC(=O)c2cnc(Nc3ccc(F)c(F)c3F)cn2)cc1C. The van der Waals surface area contributed by atoms with Gasteiger partial charge in [-0.25, -0.2) is 23.1 Å². The van der Waals surface area contributed by atoms with Crippen LogP contribution < -0.4 is 10.6 Å². The van der Waals surface area contributed by atoms with Crippen molar-refractivity contribution in [1.29, 1.82) is 0 Å². The van der Waals surface area contributed by atoms with Crippen molar-refractivity contribution in [1.82, 2.24) is 9.97 Å². The lowest BCUT2D eigenvalue weighted by Gasteiger charge is -2.09. The Kier molecular flexibility index (Phi) is 5.07. The second-order valence-corrected chi connectivity index (χ2v) is 5.89. The first-order valence-corrected chi connectivity index (χ1v) is 7.96. The molecule has 0 saturated heterocycles. The van der Waals surface area contributed by atoms with Crippen LogP contribution in [0, 0.1) is 31.3 Å². The molecule has 0 fully saturated rings. The Bertz CT molecular complexity index is 1010. The third-order valence-electron chi connectivity index (χ3n) is 3.95. The van der Waals surface area contributed by atoms with Crippen LogP contribution in [0.3, 0.4) is 0 Å². The molecule has 138 valence electrons. The number of aromatic nitrogens is 2. The molecule has 27 heavy (non-hydrogen) atoms. The highest BCUT2D eigenvalue weighted by atomic mass is 19.2. The molecule has 2 N–H and O–H groups in total. The molecule has 0 atom stereocenters. The van der Waals surface area contributed by atoms with Crippen molar-refractivity contribution in [2.75, 3.05) is 10.6 Å². The van der Waals surface area contributed by atoms with Crippen LogP contribution in [0.25, 0.3) is 0 Å². The van der Waals surface area contributed by atoms with Crippen molar-refractivity contribution < 1.29 is 18.0 Å². The van der Waals surface area contributed by atoms with Gasteiger partial charge in [0, 0.05) is 5.69 Å². The fourth-order valence-electron chi connectivity index (χ4n) is 2.28. The number of amides is 1. The van der Waals surface area contributed by atoms with Crippen LogP contribution in [0.4, 0.5) is 30.4 Å². The van der Waals surface area contributed by atoms with E-state index in [0.717, 1.165) is 23.3 Å². The van der Waals surface area contributed by atoms with Crippen LogP contribution in [0.2, 0.25) is 0 Å². The molecule has 0 unspecified atom stereocenters. The van der Waals surface area contributed by atoms with Crippen molar-refractivity contribution in [3.8, 4) is 0 Å². The predicted molar refractivity (Wildman–Crippen MR) is 95.5 cm³/mol. The Morgan fingerprint density at radius 3 is 2.37 bits per heavy atom. The molecule has 8 heteroatoms. The van der Waals surface area contributed by atoms with Gasteiger partial charge < -0.3 is 10.6 Å². The molecule has 0 saturated carbocycles. The number of hydrogen-bond acceptors (Lipinski definition) is 4. The summed E-state index contributed by atoms with van der Waals surface area (Å²) >= 11 is 0. The lowest BCUT2D eigenvalue weighted by atomic mass is 10.1. The second-order valence-electron chi connectivity index (χ2n) is 5.89. The van der Waals surface area contributed by atoms with Crippen LogP contribution >= 0.6 is 0 Å². The average molecular weight is 372 g/mol. The standard InChI is InChI=1S/C19H15F3N4O/c1-10-3-4-12(7-11(10)2)25-19(27)15-8-24-16(9-23-15)26-14-6-5-13(20)17(21)18(14)22/h3-9H,1-2H3,(H,24,26)(H,25,27). The Labute approximate surface area is 153 Å². The number of rotatable bonds is 4. The summed E-state index contributed by atoms with van der Waals surface area (Å²) in [6, 6.07) is 7.33. The van der Waals surface area contributed by atoms with Crippen molar-refractivity contribution in [2.45, 2.75) is 13.8 Å². The highest BCUT2D eigenvalue weighted by molar-refractivity contribution is 6.02. The van der Waals surface area contributed by atoms with Crippen molar-refractivity contribution in [3.63, 3.8) is 0 Å². The monoisotopic (exact) mass is 372 g/mol. The van der Waals surface area contributed by atoms with Crippen molar-refractivity contribution in [3.05, 3.63) is 77.0 Å². The molecule has 3 rings (SSSR count). The molecule has 0 radical (unpaired) electrons. The molecule has 0 aliphatic rings. The van der Waals surface area contributed by atoms with Gasteiger partial charge in [0.25, 0.3) is 5.91 Å². The normalized spacial score (nSPS) is 10.6. The van der Waals surface area contributed by atoms with E-state index in [2.05, 4.69) is 20.6 Å². The summed E-state index contributed by atoms with van der Waals surface area (Å²) in [4.78, 5) is 20.1. The molecule has 2 aromatic carbocycles. The van der Waals surface area contributed by atoms with Crippen LogP contribution in [0.1, 0.15) is 21.6 Å². The van der Waals surface area contributed by atoms with E-state index in [1.54, 1.807) is 6.07 Å². The highest BCUT2D eigenvalue weighted by Gasteiger charge is 2.14. The van der Waals surface area contributed by atoms with Gasteiger partial charge in [-0.3, -0.25) is 4.79 Å². The van der Waals surface area contributed by atoms with Gasteiger partial charge in [-0.2, -0.15) is 0 Å². The fourth-order valence-corrected chi connectivity index (χ4v) is 2.28. The Hall–Kier alpha value is -3.42. The average Bonchev–Trinajstić information content (AvgIpc) is 2.66. The number of carbonyl (C=O) groups excluding carboxylic acids is 1. The van der Waals surface area contributed by atoms with Crippen LogP contribution in [-0.2, 0) is 0 Å². The number of carbonyl (C=O) groups is 1. The van der Waals surface area contributed by atoms with Gasteiger partial charge in [0.2, 0.25) is 0 Å². The van der Waals surface area contributed by atoms with Crippen LogP contribution in [0.5, 0.6) is 0 Å². The Balaban J connectivity index is 1.72. The minimum absolute atomic E-state index is 0.0459. The van der Waals surface area contributed by atoms with E-state index in [-0.39, 0.29) is 17.2 Å². The molecule has 3 aromatic rings. The van der Waals surface area contributed by atoms with E-state index in [9.17, 15) is 18.0 Å². The summed E-state index contributed by atoms with van der Waals surface area (Å²) < 4.78 is 39.9. The molecule has 1 heterocycles. The predicted octanol–water partition coefficient (Wildman–Crippen LogP) is 4.51. The van der Waals surface area contributed by atoms with Crippen molar-refractivity contribution >= 4 is 23.1 Å². The number of benzene rings is 2. The molecule has 1 aromatic heterocycles. The zero-order chi connectivity index (χ0) is 19.6. The molecule has 0 aliphatic carbocycles. The molecular weight excluding hydrogens is 357 g/mol. The number of hydrogen-bond donors (Lipinski definition) is 2. The van der Waals surface area contributed by atoms with Gasteiger partial charge >= 0.3 is 0 Å². The summed E-state index contributed by atoms with van der Waals surface area (Å²) in [7, 11) is 0. The van der Waals surface area contributed by atoms with E-state index in [0.29, 0.717) is 5.69 Å². The maximum absolute atomic E-state index is 13.7. The van der Waals surface area contributed by atoms with E-state index in [1.807, 2.05) is 26.0 Å². The minimum atomic E-state index is -1.59. The zero-order valence-electron chi connectivity index (χ0n) is 14.5. The van der Waals surface area contributed by atoms with Gasteiger partial charge in [0.15, 0.2) is 17.5 Å². The third kappa shape index (κ3) is 4.05. The zero-order valence-corrected chi connectivity index (χ0v) is 14.5. The second kappa shape index (κ2) is 7.45. The molecule has 5 nitrogen and oxygen atoms in total. The number of aryl methyl sites for hydroxylation is 2. The number of anilines is 3. The Morgan fingerprint density at radius 2 is 1.70 bits per heavy atom. The summed E-state index contributed by atoms with van der Waals surface area (Å²) in [6.45, 7) is 3.90. The van der Waals surface area contributed by atoms with E-state index < -0.39 is 23.4 Å². The summed E-state index contributed by atoms with van der Waals surface area (Å²) in [5.41, 5.74) is 2.51. The van der Waals surface area contributed by atoms with Gasteiger partial charge in [-0.15, -0.1) is 0 Å². The molecule has 0 spiro atoms. The van der Waals surface area contributed by atoms with Crippen LogP contribution in [-0.4, -0.2) is 15.9 Å². The van der Waals surface area contributed by atoms with Crippen LogP contribution in [0.15, 0.2) is 42.7 Å². The number of nitrogens with one attached hydrogen (secondary N) is 2. The van der Waals surface area contributed by atoms with E-state index in [4.69, 9.17) is 0 Å². The molecular formula is C19H15F3N4O. The van der Waals surface area contributed by atoms with E-state index >= 15 is 0 Å². The topological polar surface area (TPSA) is 66.9 Å². The smallest absolute Gasteiger partial charge is 0.275 e. The maximum atomic E-state index is 13.7. The quantitative estimate of drug-likeness (QED) is 0.662. The number of halogens is 3. The molecule has 1 amide bonds. The fraction of sp³-hybridized carbons (Fsp3) is 0.105. The largest absolute Gasteiger partial charge is 0.336 e. The highest BCUT2D eigenvalue weighted by Crippen LogP contribution is 2.22. The summed E-state index contributed by atoms with van der Waals surface area (Å²) in [5, 5.41) is 5.19. The molecule has 0 bridgehead atoms. The maximum Gasteiger partial charge on any atom is 0.275 e. The minimum Gasteiger partial charge on any atom is -0.336 e. The number of nitrogens with zero attached hydrogens (tertiary/aromatic N) is 2. The molecule has 0 aliphatic heterocycles. The first-order valence-electron chi connectivity index (χ1n) is 7.96. The van der Waals surface area contributed by atoms with E-state index in [1.165, 1.54) is 12.4 Å². The summed E-state index contributed by atoms with van der Waals surface area (Å²) in [6.07, 6.45) is 2.38. The van der Waals surface area contributed by atoms with Gasteiger partial charge in [0.1, 0.15) is 11.5 Å². The van der Waals surface area contributed by atoms with Gasteiger partial charge in [-0.05, 0) is 49.2 Å². The van der Waals surface area contributed by atoms with Gasteiger partial charge in [0.05, 0.1) is 18.1 Å². The first kappa shape index (κ1) is 18.4. The lowest BCUT2D eigenvalue weighted by Crippen LogP contribution is -2.14.